The lowest BCUT2D eigenvalue weighted by molar-refractivity contribution is 0.166. The summed E-state index contributed by atoms with van der Waals surface area (Å²) in [5.74, 6) is 0.822. The normalized spacial score (nSPS) is 21.8. The molecule has 0 bridgehead atoms. The Labute approximate surface area is 113 Å². The number of rotatable bonds is 7. The lowest BCUT2D eigenvalue weighted by Gasteiger charge is -2.33. The highest BCUT2D eigenvalue weighted by atomic mass is 15.1. The number of piperidine rings is 1. The SMILES string of the molecule is CCNCC1CCCN(CCCC(C)(C)C#N)C1. The van der Waals surface area contributed by atoms with Crippen LogP contribution in [-0.2, 0) is 0 Å². The lowest BCUT2D eigenvalue weighted by Crippen LogP contribution is -2.40. The van der Waals surface area contributed by atoms with Gasteiger partial charge in [-0.05, 0) is 71.6 Å². The first kappa shape index (κ1) is 15.5. The summed E-state index contributed by atoms with van der Waals surface area (Å²) in [6, 6.07) is 2.39. The maximum absolute atomic E-state index is 9.00. The highest BCUT2D eigenvalue weighted by Gasteiger charge is 2.21. The highest BCUT2D eigenvalue weighted by Crippen LogP contribution is 2.22. The molecule has 1 fully saturated rings. The number of nitrogens with zero attached hydrogens (tertiary/aromatic N) is 2. The number of nitriles is 1. The fourth-order valence-electron chi connectivity index (χ4n) is 2.67. The summed E-state index contributed by atoms with van der Waals surface area (Å²) < 4.78 is 0. The van der Waals surface area contributed by atoms with E-state index in [9.17, 15) is 0 Å². The van der Waals surface area contributed by atoms with Crippen LogP contribution >= 0.6 is 0 Å². The molecule has 3 nitrogen and oxygen atoms in total. The predicted molar refractivity (Wildman–Crippen MR) is 76.3 cm³/mol. The van der Waals surface area contributed by atoms with Gasteiger partial charge in [-0.25, -0.2) is 0 Å². The molecule has 104 valence electrons. The summed E-state index contributed by atoms with van der Waals surface area (Å²) in [4.78, 5) is 2.58. The van der Waals surface area contributed by atoms with Crippen LogP contribution in [0.5, 0.6) is 0 Å². The maximum Gasteiger partial charge on any atom is 0.0683 e. The fraction of sp³-hybridized carbons (Fsp3) is 0.933. The second-order valence-electron chi connectivity index (χ2n) is 6.22. The zero-order valence-electron chi connectivity index (χ0n) is 12.3. The Morgan fingerprint density at radius 2 is 2.22 bits per heavy atom. The van der Waals surface area contributed by atoms with E-state index < -0.39 is 0 Å². The van der Waals surface area contributed by atoms with E-state index in [1.807, 2.05) is 13.8 Å². The molecule has 1 saturated heterocycles. The van der Waals surface area contributed by atoms with Gasteiger partial charge in [-0.2, -0.15) is 5.26 Å². The third-order valence-electron chi connectivity index (χ3n) is 3.86. The third-order valence-corrected chi connectivity index (χ3v) is 3.86. The van der Waals surface area contributed by atoms with Crippen LogP contribution < -0.4 is 5.32 Å². The minimum atomic E-state index is -0.154. The topological polar surface area (TPSA) is 39.1 Å². The average molecular weight is 251 g/mol. The molecule has 1 unspecified atom stereocenters. The molecule has 1 atom stereocenters. The van der Waals surface area contributed by atoms with Crippen molar-refractivity contribution in [3.8, 4) is 6.07 Å². The summed E-state index contributed by atoms with van der Waals surface area (Å²) >= 11 is 0. The molecule has 18 heavy (non-hydrogen) atoms. The Bertz CT molecular complexity index is 267. The van der Waals surface area contributed by atoms with Gasteiger partial charge in [-0.15, -0.1) is 0 Å². The molecule has 0 radical (unpaired) electrons. The van der Waals surface area contributed by atoms with E-state index >= 15 is 0 Å². The van der Waals surface area contributed by atoms with Crippen molar-refractivity contribution in [3.63, 3.8) is 0 Å². The Hall–Kier alpha value is -0.590. The van der Waals surface area contributed by atoms with Crippen molar-refractivity contribution in [1.29, 1.82) is 5.26 Å². The number of nitrogens with one attached hydrogen (secondary N) is 1. The standard InChI is InChI=1S/C15H29N3/c1-4-17-11-14-7-5-9-18(12-14)10-6-8-15(2,3)13-16/h14,17H,4-12H2,1-3H3. The van der Waals surface area contributed by atoms with Gasteiger partial charge in [0.1, 0.15) is 0 Å². The summed E-state index contributed by atoms with van der Waals surface area (Å²) in [6.07, 6.45) is 4.86. The Balaban J connectivity index is 2.20. The van der Waals surface area contributed by atoms with Crippen LogP contribution in [0.15, 0.2) is 0 Å². The van der Waals surface area contributed by atoms with Gasteiger partial charge in [0, 0.05) is 6.54 Å². The van der Waals surface area contributed by atoms with Gasteiger partial charge in [0.25, 0.3) is 0 Å². The molecule has 1 heterocycles. The molecule has 1 N–H and O–H groups in total. The lowest BCUT2D eigenvalue weighted by atomic mass is 9.89. The molecular formula is C15H29N3. The van der Waals surface area contributed by atoms with Crippen molar-refractivity contribution in [2.45, 2.75) is 46.5 Å². The Morgan fingerprint density at radius 1 is 1.44 bits per heavy atom. The molecule has 0 amide bonds. The van der Waals surface area contributed by atoms with Crippen molar-refractivity contribution in [2.75, 3.05) is 32.7 Å². The zero-order valence-corrected chi connectivity index (χ0v) is 12.3. The van der Waals surface area contributed by atoms with Crippen molar-refractivity contribution in [3.05, 3.63) is 0 Å². The smallest absolute Gasteiger partial charge is 0.0683 e. The van der Waals surface area contributed by atoms with E-state index in [4.69, 9.17) is 5.26 Å². The van der Waals surface area contributed by atoms with Crippen LogP contribution in [-0.4, -0.2) is 37.6 Å². The van der Waals surface area contributed by atoms with Gasteiger partial charge in [0.05, 0.1) is 11.5 Å². The molecule has 1 aliphatic heterocycles. The summed E-state index contributed by atoms with van der Waals surface area (Å²) in [6.45, 7) is 12.1. The van der Waals surface area contributed by atoms with E-state index in [0.29, 0.717) is 0 Å². The second kappa shape index (κ2) is 7.76. The third kappa shape index (κ3) is 5.84. The molecule has 1 aliphatic rings. The zero-order chi connectivity index (χ0) is 13.4. The molecule has 0 spiro atoms. The van der Waals surface area contributed by atoms with E-state index in [1.54, 1.807) is 0 Å². The van der Waals surface area contributed by atoms with Crippen LogP contribution in [0.2, 0.25) is 0 Å². The van der Waals surface area contributed by atoms with Gasteiger partial charge in [0.2, 0.25) is 0 Å². The molecule has 0 aliphatic carbocycles. The summed E-state index contributed by atoms with van der Waals surface area (Å²) in [5, 5.41) is 12.5. The van der Waals surface area contributed by atoms with Crippen LogP contribution in [0.25, 0.3) is 0 Å². The molecule has 3 heteroatoms. The number of hydrogen-bond acceptors (Lipinski definition) is 3. The van der Waals surface area contributed by atoms with Crippen molar-refractivity contribution in [1.82, 2.24) is 10.2 Å². The first-order valence-corrected chi connectivity index (χ1v) is 7.41. The molecule has 0 aromatic heterocycles. The van der Waals surface area contributed by atoms with Crippen LogP contribution in [0.3, 0.4) is 0 Å². The molecule has 0 aromatic rings. The quantitative estimate of drug-likeness (QED) is 0.756. The number of hydrogen-bond donors (Lipinski definition) is 1. The first-order chi connectivity index (χ1) is 8.57. The van der Waals surface area contributed by atoms with Gasteiger partial charge < -0.3 is 10.2 Å². The van der Waals surface area contributed by atoms with Crippen LogP contribution in [0, 0.1) is 22.7 Å². The predicted octanol–water partition coefficient (Wildman–Crippen LogP) is 2.64. The average Bonchev–Trinajstić information content (AvgIpc) is 2.37. The van der Waals surface area contributed by atoms with E-state index in [0.717, 1.165) is 38.4 Å². The van der Waals surface area contributed by atoms with Gasteiger partial charge in [0.15, 0.2) is 0 Å². The van der Waals surface area contributed by atoms with E-state index in [2.05, 4.69) is 23.2 Å². The van der Waals surface area contributed by atoms with Crippen molar-refractivity contribution >= 4 is 0 Å². The minimum absolute atomic E-state index is 0.154. The highest BCUT2D eigenvalue weighted by molar-refractivity contribution is 4.91. The van der Waals surface area contributed by atoms with Gasteiger partial charge in [-0.1, -0.05) is 6.92 Å². The molecular weight excluding hydrogens is 222 g/mol. The first-order valence-electron chi connectivity index (χ1n) is 7.41. The minimum Gasteiger partial charge on any atom is -0.317 e. The number of likely N-dealkylation sites (tertiary alicyclic amines) is 1. The van der Waals surface area contributed by atoms with Crippen LogP contribution in [0.1, 0.15) is 46.5 Å². The van der Waals surface area contributed by atoms with Crippen LogP contribution in [0.4, 0.5) is 0 Å². The summed E-state index contributed by atoms with van der Waals surface area (Å²) in [7, 11) is 0. The van der Waals surface area contributed by atoms with Gasteiger partial charge in [-0.3, -0.25) is 0 Å². The second-order valence-corrected chi connectivity index (χ2v) is 6.22. The Morgan fingerprint density at radius 3 is 2.89 bits per heavy atom. The fourth-order valence-corrected chi connectivity index (χ4v) is 2.67. The van der Waals surface area contributed by atoms with E-state index in [-0.39, 0.29) is 5.41 Å². The molecule has 0 saturated carbocycles. The molecule has 0 aromatic carbocycles. The monoisotopic (exact) mass is 251 g/mol. The van der Waals surface area contributed by atoms with Crippen molar-refractivity contribution < 1.29 is 0 Å². The Kier molecular flexibility index (Phi) is 6.67. The van der Waals surface area contributed by atoms with E-state index in [1.165, 1.54) is 25.9 Å². The van der Waals surface area contributed by atoms with Gasteiger partial charge >= 0.3 is 0 Å². The largest absolute Gasteiger partial charge is 0.317 e. The molecule has 1 rings (SSSR count). The maximum atomic E-state index is 9.00. The summed E-state index contributed by atoms with van der Waals surface area (Å²) in [5.41, 5.74) is -0.154. The van der Waals surface area contributed by atoms with Crippen molar-refractivity contribution in [2.24, 2.45) is 11.3 Å².